The first kappa shape index (κ1) is 21.7. The molecular weight excluding hydrogens is 451 g/mol. The molecule has 0 aliphatic carbocycles. The Morgan fingerprint density at radius 2 is 1.78 bits per heavy atom. The number of carbonyl (C=O) groups is 1. The average molecular weight is 469 g/mol. The summed E-state index contributed by atoms with van der Waals surface area (Å²) >= 11 is 12.3. The number of oxazole rings is 1. The van der Waals surface area contributed by atoms with Gasteiger partial charge in [0.1, 0.15) is 11.5 Å². The molecule has 1 N–H and O–H groups in total. The van der Waals surface area contributed by atoms with Crippen LogP contribution in [0.3, 0.4) is 0 Å². The number of halogens is 2. The smallest absolute Gasteiger partial charge is 0.256 e. The number of benzene rings is 3. The van der Waals surface area contributed by atoms with Crippen molar-refractivity contribution in [3.8, 4) is 34.3 Å². The minimum Gasteiger partial charge on any atom is -0.497 e. The molecule has 0 aliphatic rings. The van der Waals surface area contributed by atoms with Gasteiger partial charge in [0.05, 0.1) is 47.3 Å². The van der Waals surface area contributed by atoms with Crippen molar-refractivity contribution in [1.29, 1.82) is 0 Å². The first-order valence-corrected chi connectivity index (χ1v) is 10.3. The molecule has 0 saturated heterocycles. The predicted molar refractivity (Wildman–Crippen MR) is 125 cm³/mol. The van der Waals surface area contributed by atoms with Crippen LogP contribution in [0.4, 0.5) is 5.69 Å². The zero-order chi connectivity index (χ0) is 22.7. The highest BCUT2D eigenvalue weighted by Crippen LogP contribution is 2.36. The number of methoxy groups -OCH3 is 2. The number of ether oxygens (including phenoxy) is 2. The molecule has 0 fully saturated rings. The first-order valence-electron chi connectivity index (χ1n) is 9.54. The molecule has 1 heterocycles. The number of amides is 1. The van der Waals surface area contributed by atoms with Crippen molar-refractivity contribution in [2.24, 2.45) is 0 Å². The Morgan fingerprint density at radius 1 is 0.969 bits per heavy atom. The van der Waals surface area contributed by atoms with E-state index >= 15 is 0 Å². The number of nitrogens with one attached hydrogen (secondary N) is 1. The molecule has 32 heavy (non-hydrogen) atoms. The summed E-state index contributed by atoms with van der Waals surface area (Å²) in [7, 11) is 3.15. The number of rotatable bonds is 6. The van der Waals surface area contributed by atoms with E-state index in [-0.39, 0.29) is 10.9 Å². The van der Waals surface area contributed by atoms with Crippen LogP contribution in [0, 0.1) is 0 Å². The summed E-state index contributed by atoms with van der Waals surface area (Å²) in [4.78, 5) is 17.4. The fourth-order valence-corrected chi connectivity index (χ4v) is 3.53. The fourth-order valence-electron chi connectivity index (χ4n) is 3.18. The van der Waals surface area contributed by atoms with Crippen LogP contribution in [-0.4, -0.2) is 25.1 Å². The molecule has 1 amide bonds. The Labute approximate surface area is 194 Å². The Balaban J connectivity index is 1.68. The summed E-state index contributed by atoms with van der Waals surface area (Å²) in [5, 5.41) is 3.41. The normalized spacial score (nSPS) is 10.6. The van der Waals surface area contributed by atoms with Gasteiger partial charge in [0, 0.05) is 11.6 Å². The van der Waals surface area contributed by atoms with Crippen LogP contribution in [0.15, 0.2) is 71.3 Å². The van der Waals surface area contributed by atoms with Crippen LogP contribution in [0.2, 0.25) is 10.0 Å². The first-order chi connectivity index (χ1) is 15.5. The molecule has 1 aromatic heterocycles. The molecule has 162 valence electrons. The standard InChI is InChI=1S/C24H18Cl2N2O4/c1-30-14-10-11-17(20(12-14)31-2)21-13-27-24(32-21)16-7-4-3-6-15(16)23(29)28-19-9-5-8-18(25)22(19)26/h3-13H,1-2H3,(H,28,29). The van der Waals surface area contributed by atoms with E-state index in [0.717, 1.165) is 0 Å². The van der Waals surface area contributed by atoms with Gasteiger partial charge in [0.25, 0.3) is 5.91 Å². The van der Waals surface area contributed by atoms with E-state index in [9.17, 15) is 4.79 Å². The van der Waals surface area contributed by atoms with Gasteiger partial charge in [-0.3, -0.25) is 4.79 Å². The summed E-state index contributed by atoms with van der Waals surface area (Å²) in [5.41, 5.74) is 2.02. The molecule has 0 saturated carbocycles. The lowest BCUT2D eigenvalue weighted by Crippen LogP contribution is -2.13. The second-order valence-corrected chi connectivity index (χ2v) is 7.48. The van der Waals surface area contributed by atoms with Crippen LogP contribution in [0.25, 0.3) is 22.8 Å². The van der Waals surface area contributed by atoms with Crippen LogP contribution >= 0.6 is 23.2 Å². The van der Waals surface area contributed by atoms with Crippen molar-refractivity contribution < 1.29 is 18.7 Å². The molecule has 0 bridgehead atoms. The second-order valence-electron chi connectivity index (χ2n) is 6.70. The topological polar surface area (TPSA) is 73.6 Å². The van der Waals surface area contributed by atoms with Crippen molar-refractivity contribution in [2.75, 3.05) is 19.5 Å². The summed E-state index contributed by atoms with van der Waals surface area (Å²) in [6, 6.07) is 17.4. The zero-order valence-corrected chi connectivity index (χ0v) is 18.7. The van der Waals surface area contributed by atoms with E-state index in [1.807, 2.05) is 6.07 Å². The second kappa shape index (κ2) is 9.34. The third-order valence-electron chi connectivity index (χ3n) is 4.78. The van der Waals surface area contributed by atoms with Gasteiger partial charge in [-0.15, -0.1) is 0 Å². The lowest BCUT2D eigenvalue weighted by molar-refractivity contribution is 0.102. The summed E-state index contributed by atoms with van der Waals surface area (Å²) in [6.45, 7) is 0. The number of hydrogen-bond donors (Lipinski definition) is 1. The summed E-state index contributed by atoms with van der Waals surface area (Å²) in [5.74, 6) is 1.65. The third-order valence-corrected chi connectivity index (χ3v) is 5.60. The molecule has 4 rings (SSSR count). The van der Waals surface area contributed by atoms with E-state index in [0.29, 0.717) is 50.6 Å². The average Bonchev–Trinajstić information content (AvgIpc) is 3.31. The van der Waals surface area contributed by atoms with Gasteiger partial charge in [-0.05, 0) is 36.4 Å². The maximum Gasteiger partial charge on any atom is 0.256 e. The minimum absolute atomic E-state index is 0.269. The summed E-state index contributed by atoms with van der Waals surface area (Å²) < 4.78 is 16.7. The van der Waals surface area contributed by atoms with E-state index in [1.165, 1.54) is 0 Å². The van der Waals surface area contributed by atoms with Crippen molar-refractivity contribution >= 4 is 34.8 Å². The van der Waals surface area contributed by atoms with Crippen LogP contribution in [-0.2, 0) is 0 Å². The molecule has 0 aliphatic heterocycles. The Kier molecular flexibility index (Phi) is 6.35. The monoisotopic (exact) mass is 468 g/mol. The number of nitrogens with zero attached hydrogens (tertiary/aromatic N) is 1. The van der Waals surface area contributed by atoms with Crippen molar-refractivity contribution in [2.45, 2.75) is 0 Å². The van der Waals surface area contributed by atoms with Crippen LogP contribution in [0.5, 0.6) is 11.5 Å². The fraction of sp³-hybridized carbons (Fsp3) is 0.0833. The maximum atomic E-state index is 13.0. The van der Waals surface area contributed by atoms with Gasteiger partial charge in [-0.2, -0.15) is 0 Å². The molecule has 0 unspecified atom stereocenters. The zero-order valence-electron chi connectivity index (χ0n) is 17.2. The lowest BCUT2D eigenvalue weighted by Gasteiger charge is -2.10. The number of anilines is 1. The van der Waals surface area contributed by atoms with Crippen LogP contribution < -0.4 is 14.8 Å². The molecular formula is C24H18Cl2N2O4. The van der Waals surface area contributed by atoms with E-state index < -0.39 is 0 Å². The third kappa shape index (κ3) is 4.28. The van der Waals surface area contributed by atoms with Gasteiger partial charge in [0.2, 0.25) is 5.89 Å². The molecule has 3 aromatic carbocycles. The predicted octanol–water partition coefficient (Wildman–Crippen LogP) is 6.58. The Hall–Kier alpha value is -3.48. The Morgan fingerprint density at radius 3 is 2.56 bits per heavy atom. The lowest BCUT2D eigenvalue weighted by atomic mass is 10.1. The highest BCUT2D eigenvalue weighted by Gasteiger charge is 2.19. The van der Waals surface area contributed by atoms with E-state index in [1.54, 1.807) is 75.0 Å². The highest BCUT2D eigenvalue weighted by atomic mass is 35.5. The van der Waals surface area contributed by atoms with E-state index in [2.05, 4.69) is 10.3 Å². The maximum absolute atomic E-state index is 13.0. The van der Waals surface area contributed by atoms with Gasteiger partial charge in [-0.1, -0.05) is 41.4 Å². The number of carbonyl (C=O) groups excluding carboxylic acids is 1. The molecule has 6 nitrogen and oxygen atoms in total. The van der Waals surface area contributed by atoms with Crippen molar-refractivity contribution in [1.82, 2.24) is 4.98 Å². The largest absolute Gasteiger partial charge is 0.497 e. The minimum atomic E-state index is -0.369. The quantitative estimate of drug-likeness (QED) is 0.345. The molecule has 0 radical (unpaired) electrons. The number of hydrogen-bond acceptors (Lipinski definition) is 5. The van der Waals surface area contributed by atoms with Gasteiger partial charge in [0.15, 0.2) is 5.76 Å². The van der Waals surface area contributed by atoms with Crippen molar-refractivity contribution in [3.63, 3.8) is 0 Å². The summed E-state index contributed by atoms with van der Waals surface area (Å²) in [6.07, 6.45) is 1.59. The Bertz CT molecular complexity index is 1290. The van der Waals surface area contributed by atoms with Gasteiger partial charge in [-0.25, -0.2) is 4.98 Å². The highest BCUT2D eigenvalue weighted by molar-refractivity contribution is 6.44. The van der Waals surface area contributed by atoms with Gasteiger partial charge < -0.3 is 19.2 Å². The van der Waals surface area contributed by atoms with Gasteiger partial charge >= 0.3 is 0 Å². The SMILES string of the molecule is COc1ccc(-c2cnc(-c3ccccc3C(=O)Nc3cccc(Cl)c3Cl)o2)c(OC)c1. The molecule has 8 heteroatoms. The van der Waals surface area contributed by atoms with E-state index in [4.69, 9.17) is 37.1 Å². The molecule has 0 atom stereocenters. The number of aromatic nitrogens is 1. The molecule has 4 aromatic rings. The van der Waals surface area contributed by atoms with Crippen LogP contribution in [0.1, 0.15) is 10.4 Å². The molecule has 0 spiro atoms. The van der Waals surface area contributed by atoms with Crippen molar-refractivity contribution in [3.05, 3.63) is 82.5 Å².